The molecule has 130 valence electrons. The van der Waals surface area contributed by atoms with Gasteiger partial charge in [0, 0.05) is 6.07 Å². The molecule has 0 unspecified atom stereocenters. The highest BCUT2D eigenvalue weighted by molar-refractivity contribution is 7.87. The van der Waals surface area contributed by atoms with Gasteiger partial charge in [0.05, 0.1) is 18.1 Å². The lowest BCUT2D eigenvalue weighted by Crippen LogP contribution is -2.11. The number of hydrogen-bond acceptors (Lipinski definition) is 6. The van der Waals surface area contributed by atoms with E-state index in [0.717, 1.165) is 24.3 Å². The summed E-state index contributed by atoms with van der Waals surface area (Å²) in [6.07, 6.45) is -0.700. The Morgan fingerprint density at radius 2 is 1.92 bits per heavy atom. The second-order valence-corrected chi connectivity index (χ2v) is 6.42. The van der Waals surface area contributed by atoms with Crippen LogP contribution in [0.2, 0.25) is 0 Å². The summed E-state index contributed by atoms with van der Waals surface area (Å²) in [6, 6.07) is 8.61. The number of ether oxygens (including phenoxy) is 1. The summed E-state index contributed by atoms with van der Waals surface area (Å²) in [5.41, 5.74) is 0.927. The van der Waals surface area contributed by atoms with E-state index in [-0.39, 0.29) is 16.6 Å². The smallest absolute Gasteiger partial charge is 0.413 e. The summed E-state index contributed by atoms with van der Waals surface area (Å²) >= 11 is 0. The predicted octanol–water partition coefficient (Wildman–Crippen LogP) is 2.65. The molecule has 2 N–H and O–H groups in total. The van der Waals surface area contributed by atoms with Gasteiger partial charge in [-0.25, -0.2) is 14.2 Å². The Balaban J connectivity index is 1.86. The second kappa shape index (κ2) is 6.40. The summed E-state index contributed by atoms with van der Waals surface area (Å²) in [6.45, 7) is 0. The Morgan fingerprint density at radius 1 is 1.20 bits per heavy atom. The molecule has 0 aliphatic carbocycles. The van der Waals surface area contributed by atoms with Crippen molar-refractivity contribution in [1.29, 1.82) is 0 Å². The van der Waals surface area contributed by atoms with Crippen molar-refractivity contribution in [2.45, 2.75) is 4.90 Å². The van der Waals surface area contributed by atoms with E-state index >= 15 is 0 Å². The normalized spacial score (nSPS) is 11.3. The van der Waals surface area contributed by atoms with Crippen molar-refractivity contribution in [3.63, 3.8) is 0 Å². The number of anilines is 1. The number of aromatic nitrogens is 2. The molecule has 3 rings (SSSR count). The van der Waals surface area contributed by atoms with E-state index in [1.165, 1.54) is 25.3 Å². The van der Waals surface area contributed by atoms with Gasteiger partial charge in [0.15, 0.2) is 0 Å². The molecule has 0 bridgehead atoms. The second-order valence-electron chi connectivity index (χ2n) is 4.87. The summed E-state index contributed by atoms with van der Waals surface area (Å²) < 4.78 is 46.8. The van der Waals surface area contributed by atoms with Gasteiger partial charge in [-0.2, -0.15) is 8.42 Å². The first-order chi connectivity index (χ1) is 11.9. The lowest BCUT2D eigenvalue weighted by molar-refractivity contribution is 0.186. The average Bonchev–Trinajstić information content (AvgIpc) is 2.96. The van der Waals surface area contributed by atoms with Crippen molar-refractivity contribution in [2.24, 2.45) is 0 Å². The molecule has 8 nitrogen and oxygen atoms in total. The third kappa shape index (κ3) is 3.69. The van der Waals surface area contributed by atoms with E-state index in [2.05, 4.69) is 20.0 Å². The third-order valence-electron chi connectivity index (χ3n) is 3.17. The third-order valence-corrected chi connectivity index (χ3v) is 4.43. The molecule has 0 radical (unpaired) electrons. The molecule has 1 aromatic heterocycles. The predicted molar refractivity (Wildman–Crippen MR) is 86.3 cm³/mol. The Kier molecular flexibility index (Phi) is 4.28. The van der Waals surface area contributed by atoms with E-state index in [4.69, 9.17) is 4.18 Å². The molecule has 2 aromatic carbocycles. The molecule has 0 atom stereocenters. The van der Waals surface area contributed by atoms with Gasteiger partial charge in [-0.1, -0.05) is 0 Å². The Hall–Kier alpha value is -3.14. The fourth-order valence-corrected chi connectivity index (χ4v) is 2.95. The molecular weight excluding hydrogens is 353 g/mol. The highest BCUT2D eigenvalue weighted by atomic mass is 32.2. The Morgan fingerprint density at radius 3 is 2.60 bits per heavy atom. The maximum absolute atomic E-state index is 12.9. The van der Waals surface area contributed by atoms with Crippen molar-refractivity contribution in [3.8, 4) is 5.75 Å². The van der Waals surface area contributed by atoms with Crippen molar-refractivity contribution in [1.82, 2.24) is 9.97 Å². The quantitative estimate of drug-likeness (QED) is 0.688. The standard InChI is InChI=1S/C15H12FN3O5S/c1-23-15(20)19-14-17-12-7-4-10(8-13(12)18-14)24-25(21,22)11-5-2-9(16)3-6-11/h2-8H,1H3,(H2,17,18,19,20). The van der Waals surface area contributed by atoms with Gasteiger partial charge in [-0.05, 0) is 36.4 Å². The number of fused-ring (bicyclic) bond motifs is 1. The van der Waals surface area contributed by atoms with Crippen molar-refractivity contribution in [2.75, 3.05) is 12.4 Å². The number of hydrogen-bond donors (Lipinski definition) is 2. The highest BCUT2D eigenvalue weighted by Gasteiger charge is 2.17. The summed E-state index contributed by atoms with van der Waals surface area (Å²) in [5, 5.41) is 2.36. The van der Waals surface area contributed by atoms with Gasteiger partial charge in [0.25, 0.3) is 0 Å². The lowest BCUT2D eigenvalue weighted by Gasteiger charge is -2.06. The largest absolute Gasteiger partial charge is 0.453 e. The first kappa shape index (κ1) is 16.7. The molecule has 3 aromatic rings. The molecule has 0 aliphatic rings. The molecule has 0 aliphatic heterocycles. The number of methoxy groups -OCH3 is 1. The van der Waals surface area contributed by atoms with Crippen LogP contribution in [0, 0.1) is 5.82 Å². The molecule has 0 spiro atoms. The van der Waals surface area contributed by atoms with Gasteiger partial charge < -0.3 is 13.9 Å². The zero-order valence-corrected chi connectivity index (χ0v) is 13.6. The number of halogens is 1. The minimum Gasteiger partial charge on any atom is -0.453 e. The van der Waals surface area contributed by atoms with Crippen molar-refractivity contribution >= 4 is 33.2 Å². The van der Waals surface area contributed by atoms with E-state index in [1.807, 2.05) is 0 Å². The van der Waals surface area contributed by atoms with Crippen molar-refractivity contribution in [3.05, 3.63) is 48.3 Å². The van der Waals surface area contributed by atoms with Gasteiger partial charge in [-0.15, -0.1) is 0 Å². The first-order valence-electron chi connectivity index (χ1n) is 6.92. The number of carbonyl (C=O) groups excluding carboxylic acids is 1. The fourth-order valence-electron chi connectivity index (χ4n) is 2.02. The lowest BCUT2D eigenvalue weighted by atomic mass is 10.3. The van der Waals surface area contributed by atoms with Crippen LogP contribution in [0.3, 0.4) is 0 Å². The number of benzene rings is 2. The van der Waals surface area contributed by atoms with E-state index in [0.29, 0.717) is 11.0 Å². The fraction of sp³-hybridized carbons (Fsp3) is 0.0667. The topological polar surface area (TPSA) is 110 Å². The van der Waals surface area contributed by atoms with Gasteiger partial charge in [0.1, 0.15) is 16.5 Å². The summed E-state index contributed by atoms with van der Waals surface area (Å²) in [4.78, 5) is 17.9. The Labute approximate surface area is 141 Å². The van der Waals surface area contributed by atoms with Crippen LogP contribution < -0.4 is 9.50 Å². The monoisotopic (exact) mass is 365 g/mol. The minimum atomic E-state index is -4.11. The van der Waals surface area contributed by atoms with E-state index in [1.54, 1.807) is 0 Å². The zero-order chi connectivity index (χ0) is 18.0. The minimum absolute atomic E-state index is 0.0325. The number of amides is 1. The van der Waals surface area contributed by atoms with Crippen LogP contribution in [0.5, 0.6) is 5.75 Å². The number of imidazole rings is 1. The molecule has 25 heavy (non-hydrogen) atoms. The maximum Gasteiger partial charge on any atom is 0.413 e. The van der Waals surface area contributed by atoms with Crippen molar-refractivity contribution < 1.29 is 26.5 Å². The number of nitrogens with one attached hydrogen (secondary N) is 2. The Bertz CT molecular complexity index is 1030. The van der Waals surface area contributed by atoms with Crippen LogP contribution >= 0.6 is 0 Å². The number of aromatic amines is 1. The van der Waals surface area contributed by atoms with Gasteiger partial charge in [0.2, 0.25) is 5.95 Å². The molecule has 1 heterocycles. The molecule has 0 saturated carbocycles. The molecule has 0 fully saturated rings. The maximum atomic E-state index is 12.9. The van der Waals surface area contributed by atoms with Gasteiger partial charge in [-0.3, -0.25) is 5.32 Å². The van der Waals surface area contributed by atoms with E-state index in [9.17, 15) is 17.6 Å². The van der Waals surface area contributed by atoms with E-state index < -0.39 is 22.0 Å². The van der Waals surface area contributed by atoms with Gasteiger partial charge >= 0.3 is 16.2 Å². The van der Waals surface area contributed by atoms with Crippen LogP contribution in [0.1, 0.15) is 0 Å². The molecule has 10 heteroatoms. The molecule has 1 amide bonds. The number of carbonyl (C=O) groups is 1. The van der Waals surface area contributed by atoms with Crippen LogP contribution in [-0.2, 0) is 14.9 Å². The van der Waals surface area contributed by atoms with Crippen LogP contribution in [0.25, 0.3) is 11.0 Å². The summed E-state index contributed by atoms with van der Waals surface area (Å²) in [5.74, 6) is -0.381. The average molecular weight is 365 g/mol. The SMILES string of the molecule is COC(=O)Nc1nc2ccc(OS(=O)(=O)c3ccc(F)cc3)cc2[nH]1. The zero-order valence-electron chi connectivity index (χ0n) is 12.8. The number of H-pyrrole nitrogens is 1. The number of nitrogens with zero attached hydrogens (tertiary/aromatic N) is 1. The number of rotatable bonds is 4. The summed E-state index contributed by atoms with van der Waals surface area (Å²) in [7, 11) is -2.89. The molecular formula is C15H12FN3O5S. The van der Waals surface area contributed by atoms with Crippen LogP contribution in [-0.4, -0.2) is 31.6 Å². The highest BCUT2D eigenvalue weighted by Crippen LogP contribution is 2.24. The first-order valence-corrected chi connectivity index (χ1v) is 8.33. The van der Waals surface area contributed by atoms with Crippen LogP contribution in [0.15, 0.2) is 47.4 Å². The van der Waals surface area contributed by atoms with Crippen LogP contribution in [0.4, 0.5) is 15.1 Å². The molecule has 0 saturated heterocycles.